The number of halogens is 2. The maximum atomic E-state index is 6.02. The van der Waals surface area contributed by atoms with Crippen LogP contribution in [0.15, 0.2) is 97.3 Å². The Hall–Kier alpha value is -2.91. The van der Waals surface area contributed by atoms with E-state index in [2.05, 4.69) is 160 Å². The predicted octanol–water partition coefficient (Wildman–Crippen LogP) is 13.8. The number of anilines is 2. The molecule has 5 rings (SSSR count). The molecule has 0 bridgehead atoms. The van der Waals surface area contributed by atoms with Gasteiger partial charge in [-0.2, -0.15) is 0 Å². The van der Waals surface area contributed by atoms with Gasteiger partial charge in [-0.1, -0.05) is 95.2 Å². The van der Waals surface area contributed by atoms with Crippen LogP contribution in [0.4, 0.5) is 11.4 Å². The molecular formula is C47H62Cl2N2ORu. The van der Waals surface area contributed by atoms with Gasteiger partial charge in [0.05, 0.1) is 6.67 Å². The van der Waals surface area contributed by atoms with Gasteiger partial charge in [-0.3, -0.25) is 0 Å². The van der Waals surface area contributed by atoms with Crippen molar-refractivity contribution >= 4 is 35.4 Å². The molecule has 53 heavy (non-hydrogen) atoms. The summed E-state index contributed by atoms with van der Waals surface area (Å²) in [5.74, 6) is 0.855. The van der Waals surface area contributed by atoms with E-state index in [4.69, 9.17) is 24.1 Å². The monoisotopic (exact) mass is 842 g/mol. The Kier molecular flexibility index (Phi) is 13.6. The van der Waals surface area contributed by atoms with Crippen molar-refractivity contribution in [2.45, 2.75) is 125 Å². The molecule has 6 heteroatoms. The molecule has 0 saturated carbocycles. The third kappa shape index (κ3) is 11.8. The first kappa shape index (κ1) is 42.8. The summed E-state index contributed by atoms with van der Waals surface area (Å²) < 4.78 is 7.93. The average molecular weight is 843 g/mol. The zero-order valence-corrected chi connectivity index (χ0v) is 37.8. The Morgan fingerprint density at radius 2 is 1.00 bits per heavy atom. The summed E-state index contributed by atoms with van der Waals surface area (Å²) in [4.78, 5) is 4.76. The van der Waals surface area contributed by atoms with Gasteiger partial charge in [-0.15, -0.1) is 0 Å². The van der Waals surface area contributed by atoms with E-state index in [0.29, 0.717) is 0 Å². The third-order valence-corrected chi connectivity index (χ3v) is 11.2. The van der Waals surface area contributed by atoms with Crippen LogP contribution in [-0.4, -0.2) is 17.4 Å². The number of rotatable bonds is 6. The van der Waals surface area contributed by atoms with Gasteiger partial charge in [0.25, 0.3) is 0 Å². The van der Waals surface area contributed by atoms with E-state index < -0.39 is 13.5 Å². The Bertz CT molecular complexity index is 1770. The van der Waals surface area contributed by atoms with E-state index in [9.17, 15) is 0 Å². The van der Waals surface area contributed by atoms with Gasteiger partial charge in [0.15, 0.2) is 0 Å². The molecule has 3 nitrogen and oxygen atoms in total. The van der Waals surface area contributed by atoms with Crippen LogP contribution in [0.5, 0.6) is 5.75 Å². The molecule has 4 aromatic rings. The zero-order valence-electron chi connectivity index (χ0n) is 34.5. The van der Waals surface area contributed by atoms with Crippen LogP contribution in [-0.2, 0) is 35.2 Å². The number of nitrogens with zero attached hydrogens (tertiary/aromatic N) is 2. The molecule has 0 atom stereocenters. The molecule has 4 aromatic carbocycles. The molecule has 1 aliphatic rings. The Morgan fingerprint density at radius 3 is 1.36 bits per heavy atom. The number of benzene rings is 4. The summed E-state index contributed by atoms with van der Waals surface area (Å²) in [6, 6.07) is 30.5. The molecular weight excluding hydrogens is 781 g/mol. The summed E-state index contributed by atoms with van der Waals surface area (Å²) in [6.07, 6.45) is 4.56. The van der Waals surface area contributed by atoms with Gasteiger partial charge in [0, 0.05) is 23.8 Å². The molecule has 0 spiro atoms. The normalized spacial score (nSPS) is 13.9. The van der Waals surface area contributed by atoms with Gasteiger partial charge in [0.1, 0.15) is 0 Å². The van der Waals surface area contributed by atoms with Gasteiger partial charge in [-0.25, -0.2) is 0 Å². The predicted molar refractivity (Wildman–Crippen MR) is 231 cm³/mol. The first-order valence-corrected chi connectivity index (χ1v) is 24.1. The molecule has 0 N–H and O–H groups in total. The summed E-state index contributed by atoms with van der Waals surface area (Å²) >= 11 is -1.89. The maximum absolute atomic E-state index is 6.02. The molecule has 1 heterocycles. The van der Waals surface area contributed by atoms with Crippen LogP contribution in [0.2, 0.25) is 0 Å². The van der Waals surface area contributed by atoms with Crippen LogP contribution in [0, 0.1) is 0 Å². The fourth-order valence-corrected chi connectivity index (χ4v) is 7.76. The SMILES string of the molecule is CC(C)(C)c1cc(N2C=CN(c3cc(C(C)(C)C)cc(C(C)(C)C)c3)C2)cc(C(C)(C)C)c1.CC(C)Oc1c([CH]=[Ru]([Cl])[Cl])cccc1-c1ccccc1. The van der Waals surface area contributed by atoms with Crippen molar-refractivity contribution in [1.82, 2.24) is 0 Å². The Balaban J connectivity index is 0.000000267. The molecule has 288 valence electrons. The van der Waals surface area contributed by atoms with Crippen molar-refractivity contribution in [3.8, 4) is 16.9 Å². The molecule has 0 radical (unpaired) electrons. The van der Waals surface area contributed by atoms with E-state index in [1.807, 2.05) is 48.8 Å². The molecule has 0 amide bonds. The number of ether oxygens (including phenoxy) is 1. The number of para-hydroxylation sites is 1. The summed E-state index contributed by atoms with van der Waals surface area (Å²) in [6.45, 7) is 32.5. The fourth-order valence-electron chi connectivity index (χ4n) is 5.97. The average Bonchev–Trinajstić information content (AvgIpc) is 3.55. The molecule has 0 aliphatic carbocycles. The zero-order chi connectivity index (χ0) is 39.5. The second kappa shape index (κ2) is 16.8. The van der Waals surface area contributed by atoms with Crippen LogP contribution in [0.3, 0.4) is 0 Å². The molecule has 0 aromatic heterocycles. The first-order valence-electron chi connectivity index (χ1n) is 18.7. The van der Waals surface area contributed by atoms with Crippen molar-refractivity contribution in [2.24, 2.45) is 0 Å². The first-order chi connectivity index (χ1) is 24.4. The van der Waals surface area contributed by atoms with Crippen LogP contribution < -0.4 is 14.5 Å². The van der Waals surface area contributed by atoms with E-state index in [1.165, 1.54) is 33.6 Å². The number of hydrogen-bond acceptors (Lipinski definition) is 3. The van der Waals surface area contributed by atoms with Gasteiger partial charge in [-0.05, 0) is 68.2 Å². The van der Waals surface area contributed by atoms with Crippen molar-refractivity contribution in [2.75, 3.05) is 16.5 Å². The standard InChI is InChI=1S/C31H46N2.C16H16O.2ClH.Ru/c1-28(2,3)22-15-23(29(4,5)6)18-26(17-22)32-13-14-33(21-32)27-19-24(30(7,8)9)16-25(20-27)31(10,11)12;1-12(2)17-16-13(3)8-7-11-15(16)14-9-5-4-6-10-14;;;/h13-20H,21H2,1-12H3;3-12H,1-2H3;2*1H;/q;;;;+2/p-2. The molecule has 1 aliphatic heterocycles. The summed E-state index contributed by atoms with van der Waals surface area (Å²) in [5, 5.41) is 0. The Morgan fingerprint density at radius 1 is 0.585 bits per heavy atom. The van der Waals surface area contributed by atoms with Gasteiger partial charge < -0.3 is 9.80 Å². The second-order valence-corrected chi connectivity index (χ2v) is 24.2. The topological polar surface area (TPSA) is 15.7 Å². The van der Waals surface area contributed by atoms with Crippen LogP contribution >= 0.6 is 19.4 Å². The Labute approximate surface area is 334 Å². The minimum atomic E-state index is -1.89. The van der Waals surface area contributed by atoms with E-state index in [0.717, 1.165) is 29.1 Å². The summed E-state index contributed by atoms with van der Waals surface area (Å²) in [5.41, 5.74) is 11.7. The minimum absolute atomic E-state index is 0.0957. The van der Waals surface area contributed by atoms with Gasteiger partial charge >= 0.3 is 133 Å². The number of hydrogen-bond donors (Lipinski definition) is 0. The fraction of sp³-hybridized carbons (Fsp3) is 0.426. The van der Waals surface area contributed by atoms with Crippen molar-refractivity contribution in [3.63, 3.8) is 0 Å². The van der Waals surface area contributed by atoms with Crippen LogP contribution in [0.1, 0.15) is 125 Å². The van der Waals surface area contributed by atoms with E-state index >= 15 is 0 Å². The van der Waals surface area contributed by atoms with E-state index in [-0.39, 0.29) is 27.8 Å². The summed E-state index contributed by atoms with van der Waals surface area (Å²) in [7, 11) is 12.0. The quantitative estimate of drug-likeness (QED) is 0.180. The van der Waals surface area contributed by atoms with Crippen molar-refractivity contribution < 1.29 is 18.3 Å². The third-order valence-electron chi connectivity index (χ3n) is 9.37. The molecule has 0 saturated heterocycles. The second-order valence-electron chi connectivity index (χ2n) is 18.5. The van der Waals surface area contributed by atoms with Gasteiger partial charge in [0.2, 0.25) is 0 Å². The van der Waals surface area contributed by atoms with E-state index in [1.54, 1.807) is 0 Å². The molecule has 0 fully saturated rings. The molecule has 0 unspecified atom stereocenters. The van der Waals surface area contributed by atoms with Crippen LogP contribution in [0.25, 0.3) is 11.1 Å². The van der Waals surface area contributed by atoms with Crippen molar-refractivity contribution in [1.29, 1.82) is 0 Å². The van der Waals surface area contributed by atoms with Crippen molar-refractivity contribution in [3.05, 3.63) is 125 Å².